The quantitative estimate of drug-likeness (QED) is 0.259. The number of alkyl carbamates (subject to hydrolysis) is 1. The maximum Gasteiger partial charge on any atom is 0.408 e. The number of amides is 2. The molecule has 0 radical (unpaired) electrons. The van der Waals surface area contributed by atoms with Crippen LogP contribution in [-0.4, -0.2) is 41.0 Å². The number of hydrogen-bond donors (Lipinski definition) is 2. The number of nitriles is 1. The van der Waals surface area contributed by atoms with E-state index in [4.69, 9.17) is 9.47 Å². The summed E-state index contributed by atoms with van der Waals surface area (Å²) in [6.45, 7) is 9.43. The zero-order chi connectivity index (χ0) is 29.6. The minimum absolute atomic E-state index is 0.0655. The first-order valence-corrected chi connectivity index (χ1v) is 14.6. The van der Waals surface area contributed by atoms with Crippen molar-refractivity contribution in [2.75, 3.05) is 6.61 Å². The van der Waals surface area contributed by atoms with Crippen molar-refractivity contribution in [2.45, 2.75) is 78.6 Å². The molecule has 0 bridgehead atoms. The first-order valence-electron chi connectivity index (χ1n) is 13.8. The predicted octanol–water partition coefficient (Wildman–Crippen LogP) is 5.47. The van der Waals surface area contributed by atoms with Crippen molar-refractivity contribution in [3.63, 3.8) is 0 Å². The lowest BCUT2D eigenvalue weighted by molar-refractivity contribution is -0.124. The third-order valence-corrected chi connectivity index (χ3v) is 8.00. The Hall–Kier alpha value is -3.94. The summed E-state index contributed by atoms with van der Waals surface area (Å²) in [6.07, 6.45) is 5.08. The number of hydrogen-bond acceptors (Lipinski definition) is 7. The van der Waals surface area contributed by atoms with Crippen LogP contribution in [0.1, 0.15) is 72.1 Å². The van der Waals surface area contributed by atoms with Gasteiger partial charge in [0.1, 0.15) is 22.7 Å². The van der Waals surface area contributed by atoms with Crippen molar-refractivity contribution in [2.24, 2.45) is 5.10 Å². The summed E-state index contributed by atoms with van der Waals surface area (Å²) in [5.74, 6) is -0.535. The molecule has 0 aliphatic heterocycles. The molecule has 0 saturated heterocycles. The van der Waals surface area contributed by atoms with E-state index in [0.29, 0.717) is 0 Å². The van der Waals surface area contributed by atoms with Gasteiger partial charge in [-0.25, -0.2) is 10.2 Å². The Morgan fingerprint density at radius 3 is 2.63 bits per heavy atom. The summed E-state index contributed by atoms with van der Waals surface area (Å²) in [5, 5.41) is 17.6. The maximum atomic E-state index is 13.0. The molecule has 2 aromatic heterocycles. The number of nitrogens with zero attached hydrogens (tertiary/aromatic N) is 3. The number of fused-ring (bicyclic) bond motifs is 1. The molecule has 0 fully saturated rings. The first-order chi connectivity index (χ1) is 19.6. The van der Waals surface area contributed by atoms with Gasteiger partial charge in [-0.1, -0.05) is 30.3 Å². The van der Waals surface area contributed by atoms with E-state index in [9.17, 15) is 14.9 Å². The highest BCUT2D eigenvalue weighted by atomic mass is 32.1. The van der Waals surface area contributed by atoms with Gasteiger partial charge in [0.15, 0.2) is 0 Å². The average molecular weight is 576 g/mol. The van der Waals surface area contributed by atoms with Crippen LogP contribution < -0.4 is 10.7 Å². The molecule has 2 amide bonds. The lowest BCUT2D eigenvalue weighted by Crippen LogP contribution is -2.49. The molecule has 1 aliphatic rings. The number of aromatic nitrogens is 1. The smallest absolute Gasteiger partial charge is 0.408 e. The Kier molecular flexibility index (Phi) is 9.63. The van der Waals surface area contributed by atoms with Crippen LogP contribution in [-0.2, 0) is 33.7 Å². The summed E-state index contributed by atoms with van der Waals surface area (Å²) in [6, 6.07) is 13.0. The van der Waals surface area contributed by atoms with E-state index in [1.54, 1.807) is 38.3 Å². The number of thiophene rings is 1. The van der Waals surface area contributed by atoms with Crippen molar-refractivity contribution >= 4 is 29.6 Å². The van der Waals surface area contributed by atoms with E-state index in [2.05, 4.69) is 26.5 Å². The van der Waals surface area contributed by atoms with Gasteiger partial charge in [-0.3, -0.25) is 4.79 Å². The van der Waals surface area contributed by atoms with Gasteiger partial charge in [-0.05, 0) is 77.5 Å². The molecule has 1 aromatic carbocycles. The van der Waals surface area contributed by atoms with Gasteiger partial charge in [-0.15, -0.1) is 11.3 Å². The Morgan fingerprint density at radius 2 is 1.93 bits per heavy atom. The second-order valence-electron chi connectivity index (χ2n) is 11.1. The van der Waals surface area contributed by atoms with Crippen LogP contribution in [0.2, 0.25) is 0 Å². The molecule has 2 heterocycles. The van der Waals surface area contributed by atoms with E-state index in [1.165, 1.54) is 10.4 Å². The van der Waals surface area contributed by atoms with Crippen molar-refractivity contribution in [1.82, 2.24) is 15.3 Å². The van der Waals surface area contributed by atoms with Crippen molar-refractivity contribution in [3.05, 3.63) is 74.9 Å². The lowest BCUT2D eigenvalue weighted by Gasteiger charge is -2.22. The van der Waals surface area contributed by atoms with Crippen molar-refractivity contribution in [1.29, 1.82) is 5.26 Å². The molecule has 3 aromatic rings. The molecular weight excluding hydrogens is 538 g/mol. The largest absolute Gasteiger partial charge is 0.444 e. The minimum Gasteiger partial charge on any atom is -0.444 e. The summed E-state index contributed by atoms with van der Waals surface area (Å²) in [5.41, 5.74) is 7.42. The molecule has 10 heteroatoms. The van der Waals surface area contributed by atoms with Crippen LogP contribution in [0, 0.1) is 25.2 Å². The van der Waals surface area contributed by atoms with E-state index in [-0.39, 0.29) is 13.2 Å². The average Bonchev–Trinajstić information content (AvgIpc) is 3.42. The number of rotatable bonds is 9. The third kappa shape index (κ3) is 7.63. The van der Waals surface area contributed by atoms with Gasteiger partial charge in [0, 0.05) is 21.8 Å². The second kappa shape index (κ2) is 13.1. The Balaban J connectivity index is 1.47. The van der Waals surface area contributed by atoms with E-state index in [1.807, 2.05) is 50.2 Å². The standard InChI is InChI=1S/C31H37N5O4S/c1-20-15-23(21(2)36(20)29-25(16-32)24-13-9-10-14-27(24)41-29)17-33-35-28(37)26(34-30(38)40-31(3,4)5)19-39-18-22-11-7-6-8-12-22/h6-8,11-12,15,17,26H,9-10,13-14,18-19H2,1-5H3,(H,34,38)(H,35,37)/b33-17-/t26-/m0/s1. The molecule has 41 heavy (non-hydrogen) atoms. The van der Waals surface area contributed by atoms with Crippen LogP contribution in [0.15, 0.2) is 41.5 Å². The van der Waals surface area contributed by atoms with E-state index in [0.717, 1.165) is 58.8 Å². The number of ether oxygens (including phenoxy) is 2. The fourth-order valence-corrected chi connectivity index (χ4v) is 6.25. The zero-order valence-electron chi connectivity index (χ0n) is 24.2. The fourth-order valence-electron chi connectivity index (χ4n) is 4.80. The Morgan fingerprint density at radius 1 is 1.20 bits per heavy atom. The highest BCUT2D eigenvalue weighted by molar-refractivity contribution is 7.15. The molecule has 216 valence electrons. The highest BCUT2D eigenvalue weighted by Gasteiger charge is 2.26. The topological polar surface area (TPSA) is 118 Å². The van der Waals surface area contributed by atoms with Crippen molar-refractivity contribution in [3.8, 4) is 11.1 Å². The number of benzene rings is 1. The second-order valence-corrected chi connectivity index (χ2v) is 12.2. The zero-order valence-corrected chi connectivity index (χ0v) is 25.1. The third-order valence-electron chi connectivity index (χ3n) is 6.72. The lowest BCUT2D eigenvalue weighted by atomic mass is 9.96. The van der Waals surface area contributed by atoms with Gasteiger partial charge < -0.3 is 19.4 Å². The van der Waals surface area contributed by atoms with Gasteiger partial charge in [0.25, 0.3) is 5.91 Å². The molecule has 0 unspecified atom stereocenters. The highest BCUT2D eigenvalue weighted by Crippen LogP contribution is 2.38. The molecule has 9 nitrogen and oxygen atoms in total. The molecule has 0 spiro atoms. The van der Waals surface area contributed by atoms with Gasteiger partial charge >= 0.3 is 6.09 Å². The van der Waals surface area contributed by atoms with Gasteiger partial charge in [0.05, 0.1) is 25.0 Å². The minimum atomic E-state index is -1.02. The molecular formula is C31H37N5O4S. The van der Waals surface area contributed by atoms with Crippen LogP contribution in [0.3, 0.4) is 0 Å². The number of carbonyl (C=O) groups excluding carboxylic acids is 2. The van der Waals surface area contributed by atoms with Gasteiger partial charge in [-0.2, -0.15) is 10.4 Å². The van der Waals surface area contributed by atoms with Crippen LogP contribution in [0.4, 0.5) is 4.79 Å². The van der Waals surface area contributed by atoms with Crippen LogP contribution in [0.5, 0.6) is 0 Å². The molecule has 0 saturated carbocycles. The molecule has 1 atom stereocenters. The Labute approximate surface area is 245 Å². The number of aryl methyl sites for hydroxylation is 2. The monoisotopic (exact) mass is 575 g/mol. The van der Waals surface area contributed by atoms with Crippen LogP contribution in [0.25, 0.3) is 5.00 Å². The molecule has 4 rings (SSSR count). The van der Waals surface area contributed by atoms with Crippen molar-refractivity contribution < 1.29 is 19.1 Å². The number of hydrazone groups is 1. The molecule has 2 N–H and O–H groups in total. The maximum absolute atomic E-state index is 13.0. The molecule has 1 aliphatic carbocycles. The Bertz CT molecular complexity index is 1460. The SMILES string of the molecule is Cc1cc(/C=N\NC(=O)[C@H](COCc2ccccc2)NC(=O)OC(C)(C)C)c(C)n1-c1sc2c(c1C#N)CCCC2. The number of carbonyl (C=O) groups is 2. The van der Waals surface area contributed by atoms with E-state index >= 15 is 0 Å². The fraction of sp³-hybridized carbons (Fsp3) is 0.419. The normalized spacial score (nSPS) is 13.9. The summed E-state index contributed by atoms with van der Waals surface area (Å²) >= 11 is 1.69. The predicted molar refractivity (Wildman–Crippen MR) is 159 cm³/mol. The number of nitrogens with one attached hydrogen (secondary N) is 2. The van der Waals surface area contributed by atoms with Gasteiger partial charge in [0.2, 0.25) is 0 Å². The summed E-state index contributed by atoms with van der Waals surface area (Å²) in [4.78, 5) is 26.8. The summed E-state index contributed by atoms with van der Waals surface area (Å²) in [7, 11) is 0. The van der Waals surface area contributed by atoms with Crippen LogP contribution >= 0.6 is 11.3 Å². The van der Waals surface area contributed by atoms with E-state index < -0.39 is 23.6 Å². The summed E-state index contributed by atoms with van der Waals surface area (Å²) < 4.78 is 13.2. The first kappa shape index (κ1) is 30.0.